The van der Waals surface area contributed by atoms with Crippen molar-refractivity contribution in [1.82, 2.24) is 4.90 Å². The van der Waals surface area contributed by atoms with E-state index in [4.69, 9.17) is 11.6 Å². The van der Waals surface area contributed by atoms with Crippen LogP contribution < -0.4 is 0 Å². The fourth-order valence-corrected chi connectivity index (χ4v) is 1.13. The molecule has 60 valence electrons. The molecular weight excluding hydrogens is 166 g/mol. The molecule has 0 amide bonds. The van der Waals surface area contributed by atoms with Gasteiger partial charge in [0, 0.05) is 24.4 Å². The van der Waals surface area contributed by atoms with Gasteiger partial charge in [0.1, 0.15) is 0 Å². The molecule has 0 fully saturated rings. The Morgan fingerprint density at radius 1 is 1.60 bits per heavy atom. The highest BCUT2D eigenvalue weighted by atomic mass is 35.5. The van der Waals surface area contributed by atoms with E-state index in [1.54, 1.807) is 5.54 Å². The van der Waals surface area contributed by atoms with Crippen LogP contribution in [0.2, 0.25) is 0 Å². The Morgan fingerprint density at radius 2 is 2.30 bits per heavy atom. The van der Waals surface area contributed by atoms with E-state index in [2.05, 4.69) is 18.2 Å². The van der Waals surface area contributed by atoms with E-state index in [-0.39, 0.29) is 0 Å². The Balaban J connectivity index is 3.16. The molecule has 0 aromatic heterocycles. The van der Waals surface area contributed by atoms with E-state index in [1.807, 2.05) is 17.8 Å². The third kappa shape index (κ3) is 6.46. The molecular formula is C7H14ClNS. The smallest absolute Gasteiger partial charge is 0.0172 e. The van der Waals surface area contributed by atoms with Gasteiger partial charge in [-0.05, 0) is 13.3 Å². The maximum atomic E-state index is 5.37. The zero-order valence-electron chi connectivity index (χ0n) is 6.51. The van der Waals surface area contributed by atoms with E-state index < -0.39 is 0 Å². The first-order valence-electron chi connectivity index (χ1n) is 3.24. The molecule has 0 aromatic carbocycles. The van der Waals surface area contributed by atoms with Crippen molar-refractivity contribution in [2.24, 2.45) is 0 Å². The largest absolute Gasteiger partial charge is 0.302 e. The number of likely N-dealkylation sites (N-methyl/N-ethyl adjacent to an activating group) is 1. The number of thioether (sulfide) groups is 1. The van der Waals surface area contributed by atoms with Crippen LogP contribution in [0.5, 0.6) is 0 Å². The van der Waals surface area contributed by atoms with Crippen molar-refractivity contribution < 1.29 is 0 Å². The highest BCUT2D eigenvalue weighted by Gasteiger charge is 1.91. The molecule has 3 heteroatoms. The molecule has 0 aliphatic rings. The molecule has 0 spiro atoms. The van der Waals surface area contributed by atoms with Gasteiger partial charge in [-0.15, -0.1) is 0 Å². The summed E-state index contributed by atoms with van der Waals surface area (Å²) >= 11 is 7.23. The zero-order chi connectivity index (χ0) is 7.82. The Hall–Kier alpha value is 0.340. The lowest BCUT2D eigenvalue weighted by Crippen LogP contribution is -2.20. The van der Waals surface area contributed by atoms with Gasteiger partial charge in [-0.2, -0.15) is 11.8 Å². The van der Waals surface area contributed by atoms with Crippen LogP contribution >= 0.6 is 23.4 Å². The Kier molecular flexibility index (Phi) is 7.70. The number of hydrogen-bond acceptors (Lipinski definition) is 2. The first kappa shape index (κ1) is 10.3. The van der Waals surface area contributed by atoms with Crippen molar-refractivity contribution >= 4 is 23.4 Å². The summed E-state index contributed by atoms with van der Waals surface area (Å²) in [7, 11) is 2.09. The van der Waals surface area contributed by atoms with Crippen molar-refractivity contribution in [2.75, 3.05) is 32.1 Å². The second-order valence-corrected chi connectivity index (χ2v) is 3.35. The molecule has 0 bridgehead atoms. The van der Waals surface area contributed by atoms with E-state index >= 15 is 0 Å². The normalized spacial score (nSPS) is 11.6. The van der Waals surface area contributed by atoms with Crippen LogP contribution in [-0.4, -0.2) is 37.0 Å². The molecule has 0 aliphatic carbocycles. The lowest BCUT2D eigenvalue weighted by atomic mass is 10.5. The molecule has 10 heavy (non-hydrogen) atoms. The Morgan fingerprint density at radius 3 is 2.80 bits per heavy atom. The summed E-state index contributed by atoms with van der Waals surface area (Å²) in [6, 6.07) is 0. The summed E-state index contributed by atoms with van der Waals surface area (Å²) in [5.41, 5.74) is 1.57. The number of halogens is 1. The van der Waals surface area contributed by atoms with Gasteiger partial charge in [-0.1, -0.05) is 17.7 Å². The lowest BCUT2D eigenvalue weighted by molar-refractivity contribution is 0.396. The van der Waals surface area contributed by atoms with E-state index in [1.165, 1.54) is 5.75 Å². The van der Waals surface area contributed by atoms with Crippen LogP contribution in [0.25, 0.3) is 0 Å². The third-order valence-electron chi connectivity index (χ3n) is 1.18. The summed E-state index contributed by atoms with van der Waals surface area (Å²) in [5.74, 6) is 1.19. The van der Waals surface area contributed by atoms with E-state index in [0.29, 0.717) is 0 Å². The zero-order valence-corrected chi connectivity index (χ0v) is 8.08. The molecule has 0 saturated heterocycles. The molecule has 0 rings (SSSR count). The third-order valence-corrected chi connectivity index (χ3v) is 1.95. The molecule has 0 radical (unpaired) electrons. The van der Waals surface area contributed by atoms with Crippen molar-refractivity contribution in [3.63, 3.8) is 0 Å². The number of rotatable bonds is 5. The molecule has 0 aromatic rings. The second kappa shape index (κ2) is 7.45. The van der Waals surface area contributed by atoms with Gasteiger partial charge in [-0.25, -0.2) is 0 Å². The minimum Gasteiger partial charge on any atom is -0.302 e. The molecule has 0 heterocycles. The molecule has 0 saturated carbocycles. The Labute approximate surface area is 72.4 Å². The van der Waals surface area contributed by atoms with Gasteiger partial charge in [0.05, 0.1) is 0 Å². The van der Waals surface area contributed by atoms with Gasteiger partial charge < -0.3 is 4.90 Å². The molecule has 0 unspecified atom stereocenters. The average Bonchev–Trinajstić information content (AvgIpc) is 1.97. The van der Waals surface area contributed by atoms with Crippen molar-refractivity contribution in [3.05, 3.63) is 11.6 Å². The summed E-state index contributed by atoms with van der Waals surface area (Å²) in [6.45, 7) is 2.08. The quantitative estimate of drug-likeness (QED) is 0.636. The predicted octanol–water partition coefficient (Wildman–Crippen LogP) is 2.03. The monoisotopic (exact) mass is 179 g/mol. The summed E-state index contributed by atoms with van der Waals surface area (Å²) in [6.07, 6.45) is 4.06. The predicted molar refractivity (Wildman–Crippen MR) is 50.9 cm³/mol. The van der Waals surface area contributed by atoms with Gasteiger partial charge >= 0.3 is 0 Å². The van der Waals surface area contributed by atoms with Crippen LogP contribution in [-0.2, 0) is 0 Å². The molecule has 0 N–H and O–H groups in total. The minimum atomic E-state index is 0.948. The number of hydrogen-bond donors (Lipinski definition) is 0. The number of nitrogens with zero attached hydrogens (tertiary/aromatic N) is 1. The van der Waals surface area contributed by atoms with Gasteiger partial charge in [-0.3, -0.25) is 0 Å². The van der Waals surface area contributed by atoms with Crippen LogP contribution in [0.15, 0.2) is 11.6 Å². The standard InChI is InChI=1S/C7H14ClNS/c1-9(5-3-4-8)6-7-10-2/h3-4H,5-7H2,1-2H3/b4-3+. The summed E-state index contributed by atoms with van der Waals surface area (Å²) < 4.78 is 0. The van der Waals surface area contributed by atoms with E-state index in [9.17, 15) is 0 Å². The highest BCUT2D eigenvalue weighted by molar-refractivity contribution is 7.98. The van der Waals surface area contributed by atoms with Crippen LogP contribution in [0.1, 0.15) is 0 Å². The van der Waals surface area contributed by atoms with Gasteiger partial charge in [0.25, 0.3) is 0 Å². The average molecular weight is 180 g/mol. The maximum Gasteiger partial charge on any atom is 0.0172 e. The molecule has 0 atom stereocenters. The van der Waals surface area contributed by atoms with Crippen molar-refractivity contribution in [2.45, 2.75) is 0 Å². The first-order valence-corrected chi connectivity index (χ1v) is 5.07. The molecule has 1 nitrogen and oxygen atoms in total. The molecule has 0 aliphatic heterocycles. The van der Waals surface area contributed by atoms with Crippen LogP contribution in [0.4, 0.5) is 0 Å². The van der Waals surface area contributed by atoms with Gasteiger partial charge in [0.2, 0.25) is 0 Å². The van der Waals surface area contributed by atoms with Crippen LogP contribution in [0, 0.1) is 0 Å². The van der Waals surface area contributed by atoms with Crippen molar-refractivity contribution in [3.8, 4) is 0 Å². The van der Waals surface area contributed by atoms with Crippen LogP contribution in [0.3, 0.4) is 0 Å². The lowest BCUT2D eigenvalue weighted by Gasteiger charge is -2.12. The van der Waals surface area contributed by atoms with Gasteiger partial charge in [0.15, 0.2) is 0 Å². The topological polar surface area (TPSA) is 3.24 Å². The first-order chi connectivity index (χ1) is 4.81. The summed E-state index contributed by atoms with van der Waals surface area (Å²) in [5, 5.41) is 0. The van der Waals surface area contributed by atoms with Crippen molar-refractivity contribution in [1.29, 1.82) is 0 Å². The fraction of sp³-hybridized carbons (Fsp3) is 0.714. The SMILES string of the molecule is CSCCN(C)C/C=C/Cl. The highest BCUT2D eigenvalue weighted by Crippen LogP contribution is 1.93. The van der Waals surface area contributed by atoms with E-state index in [0.717, 1.165) is 13.1 Å². The Bertz CT molecular complexity index is 95.6. The fourth-order valence-electron chi connectivity index (χ4n) is 0.558. The summed E-state index contributed by atoms with van der Waals surface area (Å²) in [4.78, 5) is 2.23. The minimum absolute atomic E-state index is 0.948. The maximum absolute atomic E-state index is 5.37. The second-order valence-electron chi connectivity index (χ2n) is 2.12.